The van der Waals surface area contributed by atoms with Crippen molar-refractivity contribution in [1.29, 1.82) is 0 Å². The fourth-order valence-electron chi connectivity index (χ4n) is 1.92. The zero-order valence-corrected chi connectivity index (χ0v) is 13.3. The van der Waals surface area contributed by atoms with Gasteiger partial charge in [0.15, 0.2) is 6.10 Å². The maximum absolute atomic E-state index is 11.4. The van der Waals surface area contributed by atoms with Crippen LogP contribution in [-0.2, 0) is 11.2 Å². The summed E-state index contributed by atoms with van der Waals surface area (Å²) in [7, 11) is 1.52. The minimum absolute atomic E-state index is 0.157. The highest BCUT2D eigenvalue weighted by molar-refractivity contribution is 6.32. The molecule has 4 nitrogen and oxygen atoms in total. The molecule has 0 aromatic heterocycles. The van der Waals surface area contributed by atoms with E-state index in [1.165, 1.54) is 7.11 Å². The number of halogens is 2. The molecular weight excluding hydrogens is 327 g/mol. The van der Waals surface area contributed by atoms with Crippen LogP contribution in [0.15, 0.2) is 42.5 Å². The Morgan fingerprint density at radius 2 is 1.86 bits per heavy atom. The molecule has 0 unspecified atom stereocenters. The van der Waals surface area contributed by atoms with Crippen LogP contribution >= 0.6 is 23.2 Å². The smallest absolute Gasteiger partial charge is 0.345 e. The second kappa shape index (κ2) is 7.38. The van der Waals surface area contributed by atoms with Crippen LogP contribution in [0.5, 0.6) is 11.5 Å². The Kier molecular flexibility index (Phi) is 5.52. The second-order valence-electron chi connectivity index (χ2n) is 4.55. The van der Waals surface area contributed by atoms with Crippen LogP contribution in [0, 0.1) is 0 Å². The first kappa shape index (κ1) is 16.5. The third-order valence-corrected chi connectivity index (χ3v) is 3.63. The van der Waals surface area contributed by atoms with Gasteiger partial charge < -0.3 is 14.6 Å². The number of methoxy groups -OCH3 is 1. The summed E-state index contributed by atoms with van der Waals surface area (Å²) >= 11 is 12.0. The number of aliphatic carboxylic acids is 1. The van der Waals surface area contributed by atoms with Gasteiger partial charge in [-0.2, -0.15) is 0 Å². The highest BCUT2D eigenvalue weighted by Crippen LogP contribution is 2.27. The SMILES string of the molecule is COc1ccc(C[C@@H](Oc2ccccc2Cl)C(=O)O)cc1Cl. The van der Waals surface area contributed by atoms with Gasteiger partial charge in [-0.25, -0.2) is 4.79 Å². The van der Waals surface area contributed by atoms with E-state index in [1.807, 2.05) is 0 Å². The molecule has 0 aliphatic heterocycles. The van der Waals surface area contributed by atoms with Crippen molar-refractivity contribution in [2.75, 3.05) is 7.11 Å². The van der Waals surface area contributed by atoms with E-state index in [0.717, 1.165) is 5.56 Å². The molecule has 6 heteroatoms. The Hall–Kier alpha value is -1.91. The van der Waals surface area contributed by atoms with Gasteiger partial charge in [0, 0.05) is 6.42 Å². The van der Waals surface area contributed by atoms with Gasteiger partial charge in [-0.05, 0) is 29.8 Å². The van der Waals surface area contributed by atoms with Gasteiger partial charge in [0.05, 0.1) is 17.2 Å². The van der Waals surface area contributed by atoms with E-state index in [4.69, 9.17) is 32.7 Å². The summed E-state index contributed by atoms with van der Waals surface area (Å²) in [5.74, 6) is -0.215. The summed E-state index contributed by atoms with van der Waals surface area (Å²) in [6, 6.07) is 11.8. The summed E-state index contributed by atoms with van der Waals surface area (Å²) in [5, 5.41) is 10.1. The van der Waals surface area contributed by atoms with Crippen LogP contribution in [0.2, 0.25) is 10.0 Å². The van der Waals surface area contributed by atoms with Crippen molar-refractivity contribution in [3.63, 3.8) is 0 Å². The molecule has 22 heavy (non-hydrogen) atoms. The second-order valence-corrected chi connectivity index (χ2v) is 5.36. The maximum atomic E-state index is 11.4. The van der Waals surface area contributed by atoms with Crippen molar-refractivity contribution in [2.45, 2.75) is 12.5 Å². The quantitative estimate of drug-likeness (QED) is 0.860. The number of carboxylic acid groups (broad SMARTS) is 1. The normalized spacial score (nSPS) is 11.8. The van der Waals surface area contributed by atoms with Crippen LogP contribution in [0.3, 0.4) is 0 Å². The fourth-order valence-corrected chi connectivity index (χ4v) is 2.38. The van der Waals surface area contributed by atoms with E-state index in [1.54, 1.807) is 42.5 Å². The molecule has 2 aromatic rings. The molecule has 2 rings (SSSR count). The fraction of sp³-hybridized carbons (Fsp3) is 0.188. The lowest BCUT2D eigenvalue weighted by atomic mass is 10.1. The standard InChI is InChI=1S/C16H14Cl2O4/c1-21-13-7-6-10(8-12(13)18)9-15(16(19)20)22-14-5-3-2-4-11(14)17/h2-8,15H,9H2,1H3,(H,19,20)/t15-/m1/s1. The van der Waals surface area contributed by atoms with Crippen molar-refractivity contribution in [3.05, 3.63) is 58.1 Å². The van der Waals surface area contributed by atoms with Gasteiger partial charge in [-0.15, -0.1) is 0 Å². The Morgan fingerprint density at radius 3 is 2.45 bits per heavy atom. The van der Waals surface area contributed by atoms with Crippen molar-refractivity contribution in [2.24, 2.45) is 0 Å². The van der Waals surface area contributed by atoms with Gasteiger partial charge in [0.1, 0.15) is 11.5 Å². The van der Waals surface area contributed by atoms with E-state index in [-0.39, 0.29) is 6.42 Å². The summed E-state index contributed by atoms with van der Waals surface area (Å²) < 4.78 is 10.6. The van der Waals surface area contributed by atoms with Crippen LogP contribution in [0.25, 0.3) is 0 Å². The van der Waals surface area contributed by atoms with E-state index in [9.17, 15) is 9.90 Å². The molecule has 0 heterocycles. The number of ether oxygens (including phenoxy) is 2. The molecule has 2 aromatic carbocycles. The molecule has 116 valence electrons. The van der Waals surface area contributed by atoms with Gasteiger partial charge in [-0.3, -0.25) is 0 Å². The van der Waals surface area contributed by atoms with Crippen LogP contribution in [0.1, 0.15) is 5.56 Å². The molecule has 0 saturated carbocycles. The van der Waals surface area contributed by atoms with Crippen LogP contribution in [0.4, 0.5) is 0 Å². The van der Waals surface area contributed by atoms with Gasteiger partial charge in [-0.1, -0.05) is 41.4 Å². The lowest BCUT2D eigenvalue weighted by Gasteiger charge is -2.16. The molecule has 1 N–H and O–H groups in total. The lowest BCUT2D eigenvalue weighted by molar-refractivity contribution is -0.145. The average Bonchev–Trinajstić information content (AvgIpc) is 2.49. The largest absolute Gasteiger partial charge is 0.495 e. The van der Waals surface area contributed by atoms with Crippen LogP contribution < -0.4 is 9.47 Å². The summed E-state index contributed by atoms with van der Waals surface area (Å²) in [5.41, 5.74) is 0.727. The third kappa shape index (κ3) is 4.06. The van der Waals surface area contributed by atoms with Crippen molar-refractivity contribution in [3.8, 4) is 11.5 Å². The highest BCUT2D eigenvalue weighted by Gasteiger charge is 2.21. The Labute approximate surface area is 138 Å². The maximum Gasteiger partial charge on any atom is 0.345 e. The Morgan fingerprint density at radius 1 is 1.14 bits per heavy atom. The molecule has 0 aliphatic carbocycles. The number of carboxylic acids is 1. The topological polar surface area (TPSA) is 55.8 Å². The number of hydrogen-bond acceptors (Lipinski definition) is 3. The van der Waals surface area contributed by atoms with E-state index >= 15 is 0 Å². The summed E-state index contributed by atoms with van der Waals surface area (Å²) in [6.45, 7) is 0. The first-order valence-corrected chi connectivity index (χ1v) is 7.23. The van der Waals surface area contributed by atoms with Crippen molar-refractivity contribution >= 4 is 29.2 Å². The minimum atomic E-state index is -1.08. The average molecular weight is 341 g/mol. The van der Waals surface area contributed by atoms with Crippen molar-refractivity contribution in [1.82, 2.24) is 0 Å². The summed E-state index contributed by atoms with van der Waals surface area (Å²) in [4.78, 5) is 11.4. The highest BCUT2D eigenvalue weighted by atomic mass is 35.5. The van der Waals surface area contributed by atoms with E-state index in [2.05, 4.69) is 0 Å². The molecule has 0 radical (unpaired) electrons. The predicted molar refractivity (Wildman–Crippen MR) is 85.2 cm³/mol. The molecule has 0 bridgehead atoms. The Bertz CT molecular complexity index is 673. The van der Waals surface area contributed by atoms with E-state index < -0.39 is 12.1 Å². The zero-order valence-electron chi connectivity index (χ0n) is 11.8. The number of carbonyl (C=O) groups is 1. The van der Waals surface area contributed by atoms with Gasteiger partial charge in [0.2, 0.25) is 0 Å². The predicted octanol–water partition coefficient (Wildman–Crippen LogP) is 4.08. The zero-order chi connectivity index (χ0) is 16.1. The number of hydrogen-bond donors (Lipinski definition) is 1. The number of benzene rings is 2. The molecule has 0 spiro atoms. The molecule has 0 aliphatic rings. The van der Waals surface area contributed by atoms with Gasteiger partial charge in [0.25, 0.3) is 0 Å². The Balaban J connectivity index is 2.17. The van der Waals surface area contributed by atoms with Crippen molar-refractivity contribution < 1.29 is 19.4 Å². The number of para-hydroxylation sites is 1. The van der Waals surface area contributed by atoms with Gasteiger partial charge >= 0.3 is 5.97 Å². The molecule has 0 saturated heterocycles. The monoisotopic (exact) mass is 340 g/mol. The first-order valence-electron chi connectivity index (χ1n) is 6.47. The lowest BCUT2D eigenvalue weighted by Crippen LogP contribution is -2.29. The molecular formula is C16H14Cl2O4. The number of rotatable bonds is 6. The first-order chi connectivity index (χ1) is 10.5. The third-order valence-electron chi connectivity index (χ3n) is 3.02. The molecule has 0 amide bonds. The van der Waals surface area contributed by atoms with Crippen LogP contribution in [-0.4, -0.2) is 24.3 Å². The molecule has 1 atom stereocenters. The van der Waals surface area contributed by atoms with E-state index in [0.29, 0.717) is 21.5 Å². The summed E-state index contributed by atoms with van der Waals surface area (Å²) in [6.07, 6.45) is -0.908. The molecule has 0 fully saturated rings. The minimum Gasteiger partial charge on any atom is -0.495 e.